The molecule has 5 heterocycles. The fourth-order valence-corrected chi connectivity index (χ4v) is 6.95. The van der Waals surface area contributed by atoms with E-state index < -0.39 is 0 Å². The van der Waals surface area contributed by atoms with E-state index in [2.05, 4.69) is 47.6 Å². The molecule has 0 saturated carbocycles. The molecule has 10 nitrogen and oxygen atoms in total. The minimum atomic E-state index is -0.251. The van der Waals surface area contributed by atoms with Gasteiger partial charge in [-0.1, -0.05) is 28.5 Å². The molecule has 0 radical (unpaired) electrons. The van der Waals surface area contributed by atoms with Crippen molar-refractivity contribution < 1.29 is 9.26 Å². The van der Waals surface area contributed by atoms with Gasteiger partial charge in [0.15, 0.2) is 5.76 Å². The highest BCUT2D eigenvalue weighted by atomic mass is 127. The third kappa shape index (κ3) is 4.73. The second-order valence-electron chi connectivity index (χ2n) is 9.28. The zero-order valence-corrected chi connectivity index (χ0v) is 23.3. The van der Waals surface area contributed by atoms with Crippen LogP contribution in [0.4, 0.5) is 5.82 Å². The van der Waals surface area contributed by atoms with Gasteiger partial charge in [0.1, 0.15) is 15.0 Å². The summed E-state index contributed by atoms with van der Waals surface area (Å²) in [6.07, 6.45) is 8.48. The molecular formula is C24H23ClIN7O3S. The van der Waals surface area contributed by atoms with Crippen molar-refractivity contribution in [3.8, 4) is 0 Å². The number of ether oxygens (including phenoxy) is 1. The summed E-state index contributed by atoms with van der Waals surface area (Å²) in [5.41, 5.74) is 6.77. The SMILES string of the molecule is N[C@@H]1[C@H](I)OCC12CCN(c1cnc(Sc3ccc4ncn(Cc5ccno5)c(=O)c4c3Cl)cn1)CC2. The Morgan fingerprint density at radius 2 is 2.03 bits per heavy atom. The number of piperidine rings is 1. The minimum absolute atomic E-state index is 0.0562. The van der Waals surface area contributed by atoms with Crippen LogP contribution in [-0.2, 0) is 11.3 Å². The maximum absolute atomic E-state index is 13.1. The first kappa shape index (κ1) is 25.0. The molecule has 1 aromatic carbocycles. The summed E-state index contributed by atoms with van der Waals surface area (Å²) in [6.45, 7) is 2.68. The summed E-state index contributed by atoms with van der Waals surface area (Å²) >= 11 is 10.3. The lowest BCUT2D eigenvalue weighted by Gasteiger charge is -2.41. The van der Waals surface area contributed by atoms with Gasteiger partial charge in [0.05, 0.1) is 54.0 Å². The summed E-state index contributed by atoms with van der Waals surface area (Å²) in [6, 6.07) is 5.39. The highest BCUT2D eigenvalue weighted by Gasteiger charge is 2.48. The van der Waals surface area contributed by atoms with Crippen LogP contribution in [0.25, 0.3) is 10.9 Å². The number of hydrogen-bond donors (Lipinski definition) is 1. The van der Waals surface area contributed by atoms with E-state index in [0.29, 0.717) is 31.6 Å². The van der Waals surface area contributed by atoms with Gasteiger partial charge < -0.3 is 19.9 Å². The van der Waals surface area contributed by atoms with Crippen molar-refractivity contribution >= 4 is 62.7 Å². The zero-order valence-electron chi connectivity index (χ0n) is 19.6. The normalized spacial score (nSPS) is 21.2. The molecule has 2 aliphatic heterocycles. The molecule has 0 bridgehead atoms. The van der Waals surface area contributed by atoms with Crippen molar-refractivity contribution in [1.82, 2.24) is 24.7 Å². The number of hydrogen-bond acceptors (Lipinski definition) is 10. The molecule has 2 N–H and O–H groups in total. The maximum Gasteiger partial charge on any atom is 0.263 e. The van der Waals surface area contributed by atoms with E-state index in [4.69, 9.17) is 26.6 Å². The van der Waals surface area contributed by atoms with E-state index in [9.17, 15) is 4.79 Å². The molecule has 2 fully saturated rings. The molecule has 0 amide bonds. The minimum Gasteiger partial charge on any atom is -0.366 e. The van der Waals surface area contributed by atoms with E-state index in [0.717, 1.165) is 38.4 Å². The predicted octanol–water partition coefficient (Wildman–Crippen LogP) is 3.73. The van der Waals surface area contributed by atoms with E-state index in [1.807, 2.05) is 6.07 Å². The Bertz CT molecular complexity index is 1480. The summed E-state index contributed by atoms with van der Waals surface area (Å²) in [5.74, 6) is 1.39. The van der Waals surface area contributed by atoms with Crippen molar-refractivity contribution in [3.63, 3.8) is 0 Å². The first-order valence-electron chi connectivity index (χ1n) is 11.8. The number of nitrogens with two attached hydrogens (primary N) is 1. The molecular weight excluding hydrogens is 629 g/mol. The molecule has 192 valence electrons. The van der Waals surface area contributed by atoms with Gasteiger partial charge >= 0.3 is 0 Å². The lowest BCUT2D eigenvalue weighted by atomic mass is 9.75. The summed E-state index contributed by atoms with van der Waals surface area (Å²) in [5, 5.41) is 5.05. The number of alkyl halides is 1. The molecule has 37 heavy (non-hydrogen) atoms. The smallest absolute Gasteiger partial charge is 0.263 e. The Labute approximate surface area is 235 Å². The second kappa shape index (κ2) is 10.1. The lowest BCUT2D eigenvalue weighted by molar-refractivity contribution is 0.127. The van der Waals surface area contributed by atoms with Gasteiger partial charge in [-0.05, 0) is 47.6 Å². The van der Waals surface area contributed by atoms with Crippen LogP contribution in [0.5, 0.6) is 0 Å². The first-order valence-corrected chi connectivity index (χ1v) is 14.2. The monoisotopic (exact) mass is 651 g/mol. The zero-order chi connectivity index (χ0) is 25.6. The number of benzene rings is 1. The molecule has 0 unspecified atom stereocenters. The topological polar surface area (TPSA) is 125 Å². The van der Waals surface area contributed by atoms with Crippen LogP contribution in [-0.4, -0.2) is 54.5 Å². The fraction of sp³-hybridized carbons (Fsp3) is 0.375. The predicted molar refractivity (Wildman–Crippen MR) is 148 cm³/mol. The van der Waals surface area contributed by atoms with Gasteiger partial charge in [0.2, 0.25) is 0 Å². The number of halogens is 2. The molecule has 1 spiro atoms. The Kier molecular flexibility index (Phi) is 6.86. The van der Waals surface area contributed by atoms with Crippen molar-refractivity contribution in [2.24, 2.45) is 11.1 Å². The van der Waals surface area contributed by atoms with E-state index in [1.165, 1.54) is 28.9 Å². The molecule has 3 aromatic heterocycles. The van der Waals surface area contributed by atoms with Crippen molar-refractivity contribution in [3.05, 3.63) is 64.3 Å². The third-order valence-electron chi connectivity index (χ3n) is 7.14. The fourth-order valence-electron chi connectivity index (χ4n) is 4.89. The third-order valence-corrected chi connectivity index (χ3v) is 9.76. The number of fused-ring (bicyclic) bond motifs is 1. The Balaban J connectivity index is 1.18. The van der Waals surface area contributed by atoms with Crippen LogP contribution in [0.3, 0.4) is 0 Å². The van der Waals surface area contributed by atoms with Crippen molar-refractivity contribution in [2.75, 3.05) is 24.6 Å². The summed E-state index contributed by atoms with van der Waals surface area (Å²) < 4.78 is 12.5. The van der Waals surface area contributed by atoms with Gasteiger partial charge in [-0.25, -0.2) is 15.0 Å². The molecule has 2 atom stereocenters. The van der Waals surface area contributed by atoms with Gasteiger partial charge in [-0.15, -0.1) is 0 Å². The Morgan fingerprint density at radius 1 is 1.19 bits per heavy atom. The van der Waals surface area contributed by atoms with E-state index in [1.54, 1.807) is 24.5 Å². The van der Waals surface area contributed by atoms with Crippen LogP contribution in [0.15, 0.2) is 62.4 Å². The summed E-state index contributed by atoms with van der Waals surface area (Å²) in [4.78, 5) is 29.7. The van der Waals surface area contributed by atoms with E-state index in [-0.39, 0.29) is 27.7 Å². The van der Waals surface area contributed by atoms with Crippen LogP contribution in [0.1, 0.15) is 18.6 Å². The quantitative estimate of drug-likeness (QED) is 0.252. The van der Waals surface area contributed by atoms with Gasteiger partial charge in [-0.3, -0.25) is 9.36 Å². The van der Waals surface area contributed by atoms with Crippen molar-refractivity contribution in [1.29, 1.82) is 0 Å². The molecule has 13 heteroatoms. The highest BCUT2D eigenvalue weighted by Crippen LogP contribution is 2.43. The molecule has 2 saturated heterocycles. The molecule has 4 aromatic rings. The Hall–Kier alpha value is -2.26. The van der Waals surface area contributed by atoms with Crippen LogP contribution >= 0.6 is 46.0 Å². The van der Waals surface area contributed by atoms with Gasteiger partial charge in [0, 0.05) is 35.5 Å². The average Bonchev–Trinajstić information content (AvgIpc) is 3.53. The Morgan fingerprint density at radius 3 is 2.70 bits per heavy atom. The van der Waals surface area contributed by atoms with Crippen LogP contribution in [0, 0.1) is 5.41 Å². The molecule has 2 aliphatic rings. The number of rotatable bonds is 5. The number of aromatic nitrogens is 5. The van der Waals surface area contributed by atoms with E-state index >= 15 is 0 Å². The van der Waals surface area contributed by atoms with Gasteiger partial charge in [0.25, 0.3) is 5.56 Å². The average molecular weight is 652 g/mol. The largest absolute Gasteiger partial charge is 0.366 e. The standard InChI is InChI=1S/C24H23ClIN7O3S/c25-20-16(2-1-15-19(20)23(34)33(13-30-15)11-14-3-6-31-36-14)37-18-10-28-17(9-29-18)32-7-4-24(5-8-32)12-35-22(26)21(24)27/h1-3,6,9-10,13,21-22H,4-5,7-8,11-12,27H2/t21-,22-/m1/s1. The second-order valence-corrected chi connectivity index (χ2v) is 11.9. The van der Waals surface area contributed by atoms with Gasteiger partial charge in [-0.2, -0.15) is 0 Å². The maximum atomic E-state index is 13.1. The molecule has 0 aliphatic carbocycles. The number of nitrogens with zero attached hydrogens (tertiary/aromatic N) is 6. The lowest BCUT2D eigenvalue weighted by Crippen LogP contribution is -2.50. The highest BCUT2D eigenvalue weighted by molar-refractivity contribution is 14.1. The summed E-state index contributed by atoms with van der Waals surface area (Å²) in [7, 11) is 0. The van der Waals surface area contributed by atoms with Crippen molar-refractivity contribution in [2.45, 2.75) is 39.5 Å². The number of anilines is 1. The molecule has 6 rings (SSSR count). The van der Waals surface area contributed by atoms with Crippen LogP contribution < -0.4 is 16.2 Å². The first-order chi connectivity index (χ1) is 17.9. The van der Waals surface area contributed by atoms with Crippen LogP contribution in [0.2, 0.25) is 5.02 Å².